The van der Waals surface area contributed by atoms with Crippen molar-refractivity contribution >= 4 is 38.6 Å². The lowest BCUT2D eigenvalue weighted by atomic mass is 10.1. The van der Waals surface area contributed by atoms with E-state index in [1.807, 2.05) is 30.3 Å². The lowest BCUT2D eigenvalue weighted by Crippen LogP contribution is -2.31. The molecule has 0 bridgehead atoms. The third kappa shape index (κ3) is 7.18. The molecule has 2 amide bonds. The van der Waals surface area contributed by atoms with E-state index in [0.29, 0.717) is 28.8 Å². The van der Waals surface area contributed by atoms with Crippen molar-refractivity contribution in [3.8, 4) is 11.3 Å². The number of carbonyl (C=O) groups is 2. The maximum absolute atomic E-state index is 12.9. The van der Waals surface area contributed by atoms with Crippen molar-refractivity contribution in [2.75, 3.05) is 18.8 Å². The van der Waals surface area contributed by atoms with Gasteiger partial charge in [-0.25, -0.2) is 23.1 Å². The van der Waals surface area contributed by atoms with Gasteiger partial charge in [0.25, 0.3) is 11.8 Å². The van der Waals surface area contributed by atoms with Crippen LogP contribution in [0.15, 0.2) is 102 Å². The van der Waals surface area contributed by atoms with Crippen LogP contribution in [0.2, 0.25) is 0 Å². The minimum Gasteiger partial charge on any atom is -0.382 e. The van der Waals surface area contributed by atoms with E-state index in [2.05, 4.69) is 30.3 Å². The fourth-order valence-electron chi connectivity index (χ4n) is 4.30. The molecule has 3 aromatic carbocycles. The van der Waals surface area contributed by atoms with E-state index in [9.17, 15) is 18.0 Å². The van der Waals surface area contributed by atoms with Crippen molar-refractivity contribution in [3.63, 3.8) is 0 Å². The number of rotatable bonds is 11. The van der Waals surface area contributed by atoms with Crippen LogP contribution in [0.3, 0.4) is 0 Å². The number of nitrogens with two attached hydrogens (primary N) is 1. The van der Waals surface area contributed by atoms with Gasteiger partial charge in [0.1, 0.15) is 4.90 Å². The second kappa shape index (κ2) is 13.2. The second-order valence-corrected chi connectivity index (χ2v) is 11.2. The first-order valence-corrected chi connectivity index (χ1v) is 14.9. The third-order valence-electron chi connectivity index (χ3n) is 6.50. The molecule has 0 fully saturated rings. The number of hydrogen-bond acceptors (Lipinski definition) is 8. The molecule has 2 aromatic heterocycles. The number of nitrogens with zero attached hydrogens (tertiary/aromatic N) is 3. The minimum atomic E-state index is -3.91. The van der Waals surface area contributed by atoms with Crippen molar-refractivity contribution in [1.29, 1.82) is 0 Å². The standard InChI is InChI=1S/C31H29N7O4S/c32-29-28(31(40)34-16-7-17-37-43(41,42)26-14-5-10-22-13-6-15-33-27(22)26)38-25(20-35-29)23-11-4-12-24(18-23)30(39)36-19-21-8-2-1-3-9-21/h1-6,8-15,18,20,37H,7,16-17,19H2,(H2,32,35)(H,34,40)(H,36,39)/i15D. The van der Waals surface area contributed by atoms with Gasteiger partial charge in [0.2, 0.25) is 10.0 Å². The van der Waals surface area contributed by atoms with Crippen LogP contribution in [0.1, 0.15) is 34.2 Å². The monoisotopic (exact) mass is 596 g/mol. The summed E-state index contributed by atoms with van der Waals surface area (Å²) in [7, 11) is -3.91. The van der Waals surface area contributed by atoms with Crippen molar-refractivity contribution in [3.05, 3.63) is 114 Å². The molecule has 0 saturated carbocycles. The number of para-hydroxylation sites is 1. The number of hydrogen-bond donors (Lipinski definition) is 4. The Morgan fingerprint density at radius 3 is 2.49 bits per heavy atom. The van der Waals surface area contributed by atoms with Gasteiger partial charge in [-0.05, 0) is 36.2 Å². The van der Waals surface area contributed by atoms with Crippen LogP contribution in [0.25, 0.3) is 22.2 Å². The molecule has 0 aliphatic rings. The molecule has 11 nitrogen and oxygen atoms in total. The molecule has 0 radical (unpaired) electrons. The zero-order valence-electron chi connectivity index (χ0n) is 23.9. The number of sulfonamides is 1. The highest BCUT2D eigenvalue weighted by Crippen LogP contribution is 2.21. The topological polar surface area (TPSA) is 169 Å². The van der Waals surface area contributed by atoms with Gasteiger partial charge in [0.05, 0.1) is 18.8 Å². The molecule has 218 valence electrons. The highest BCUT2D eigenvalue weighted by Gasteiger charge is 2.18. The average molecular weight is 597 g/mol. The van der Waals surface area contributed by atoms with E-state index in [0.717, 1.165) is 5.56 Å². The van der Waals surface area contributed by atoms with Crippen molar-refractivity contribution in [2.45, 2.75) is 17.9 Å². The molecule has 0 unspecified atom stereocenters. The summed E-state index contributed by atoms with van der Waals surface area (Å²) in [6, 6.07) is 24.2. The summed E-state index contributed by atoms with van der Waals surface area (Å²) in [6.07, 6.45) is 1.67. The smallest absolute Gasteiger partial charge is 0.273 e. The van der Waals surface area contributed by atoms with Crippen molar-refractivity contribution in [1.82, 2.24) is 30.3 Å². The normalized spacial score (nSPS) is 11.6. The molecule has 0 saturated heterocycles. The first-order chi connectivity index (χ1) is 21.2. The number of nitrogens with one attached hydrogen (secondary N) is 3. The zero-order chi connectivity index (χ0) is 31.1. The highest BCUT2D eigenvalue weighted by atomic mass is 32.2. The molecule has 12 heteroatoms. The first kappa shape index (κ1) is 27.9. The molecule has 0 aliphatic carbocycles. The summed E-state index contributed by atoms with van der Waals surface area (Å²) in [5.41, 5.74) is 8.39. The maximum atomic E-state index is 12.9. The molecule has 5 rings (SSSR count). The highest BCUT2D eigenvalue weighted by molar-refractivity contribution is 7.89. The number of amides is 2. The van der Waals surface area contributed by atoms with Gasteiger partial charge in [-0.1, -0.05) is 60.7 Å². The largest absolute Gasteiger partial charge is 0.382 e. The lowest BCUT2D eigenvalue weighted by Gasteiger charge is -2.11. The SMILES string of the molecule is [2H]c1ccc2cccc(S(=O)(=O)NCCCNC(=O)c3nc(-c4cccc(C(=O)NCc5ccccc5)c4)cnc3N)c2n1. The van der Waals surface area contributed by atoms with Gasteiger partial charge in [-0.2, -0.15) is 0 Å². The number of pyridine rings is 1. The minimum absolute atomic E-state index is 0.0225. The summed E-state index contributed by atoms with van der Waals surface area (Å²) in [6.45, 7) is 0.554. The van der Waals surface area contributed by atoms with Gasteiger partial charge >= 0.3 is 0 Å². The number of aromatic nitrogens is 3. The molecule has 0 spiro atoms. The molecular weight excluding hydrogens is 566 g/mol. The number of carbonyl (C=O) groups excluding carboxylic acids is 2. The molecule has 43 heavy (non-hydrogen) atoms. The molecule has 2 heterocycles. The fraction of sp³-hybridized carbons (Fsp3) is 0.129. The Kier molecular flexibility index (Phi) is 8.57. The Labute approximate surface area is 250 Å². The van der Waals surface area contributed by atoms with Crippen molar-refractivity contribution in [2.24, 2.45) is 0 Å². The van der Waals surface area contributed by atoms with Crippen LogP contribution < -0.4 is 21.1 Å². The van der Waals surface area contributed by atoms with Gasteiger partial charge in [-0.15, -0.1) is 0 Å². The van der Waals surface area contributed by atoms with Crippen LogP contribution in [0, 0.1) is 0 Å². The van der Waals surface area contributed by atoms with Gasteiger partial charge in [0, 0.05) is 42.3 Å². The molecule has 5 aromatic rings. The van der Waals surface area contributed by atoms with Crippen LogP contribution in [0.5, 0.6) is 0 Å². The third-order valence-corrected chi connectivity index (χ3v) is 7.99. The summed E-state index contributed by atoms with van der Waals surface area (Å²) in [4.78, 5) is 38.1. The quantitative estimate of drug-likeness (QED) is 0.168. The fourth-order valence-corrected chi connectivity index (χ4v) is 5.55. The Bertz CT molecular complexity index is 1940. The molecule has 5 N–H and O–H groups in total. The Hall–Kier alpha value is -5.20. The van der Waals surface area contributed by atoms with Gasteiger partial charge < -0.3 is 16.4 Å². The second-order valence-electron chi connectivity index (χ2n) is 9.51. The Morgan fingerprint density at radius 1 is 0.860 bits per heavy atom. The maximum Gasteiger partial charge on any atom is 0.273 e. The van der Waals surface area contributed by atoms with Crippen molar-refractivity contribution < 1.29 is 19.4 Å². The van der Waals surface area contributed by atoms with E-state index in [-0.39, 0.29) is 53.5 Å². The summed E-state index contributed by atoms with van der Waals surface area (Å²) in [5, 5.41) is 6.17. The molecule has 0 atom stereocenters. The zero-order valence-corrected chi connectivity index (χ0v) is 23.8. The number of fused-ring (bicyclic) bond motifs is 1. The molecular formula is C31H29N7O4S. The van der Waals surface area contributed by atoms with Crippen LogP contribution in [0.4, 0.5) is 5.82 Å². The Morgan fingerprint density at radius 2 is 1.65 bits per heavy atom. The predicted octanol–water partition coefficient (Wildman–Crippen LogP) is 3.30. The molecule has 0 aliphatic heterocycles. The first-order valence-electron chi connectivity index (χ1n) is 13.9. The Balaban J connectivity index is 1.18. The predicted molar refractivity (Wildman–Crippen MR) is 163 cm³/mol. The summed E-state index contributed by atoms with van der Waals surface area (Å²) < 4.78 is 36.0. The summed E-state index contributed by atoms with van der Waals surface area (Å²) in [5.74, 6) is -0.899. The number of anilines is 1. The van der Waals surface area contributed by atoms with E-state index < -0.39 is 15.9 Å². The number of nitrogen functional groups attached to an aromatic ring is 1. The van der Waals surface area contributed by atoms with E-state index in [1.54, 1.807) is 42.5 Å². The van der Waals surface area contributed by atoms with Gasteiger partial charge in [0.15, 0.2) is 11.5 Å². The number of benzene rings is 3. The van der Waals surface area contributed by atoms with Crippen LogP contribution in [-0.2, 0) is 16.6 Å². The van der Waals surface area contributed by atoms with E-state index in [1.165, 1.54) is 18.3 Å². The van der Waals surface area contributed by atoms with Gasteiger partial charge in [-0.3, -0.25) is 14.6 Å². The lowest BCUT2D eigenvalue weighted by molar-refractivity contribution is 0.0941. The average Bonchev–Trinajstić information content (AvgIpc) is 3.03. The van der Waals surface area contributed by atoms with Crippen LogP contribution in [-0.4, -0.2) is 48.3 Å². The van der Waals surface area contributed by atoms with Crippen LogP contribution >= 0.6 is 0 Å². The summed E-state index contributed by atoms with van der Waals surface area (Å²) >= 11 is 0. The van der Waals surface area contributed by atoms with E-state index in [4.69, 9.17) is 7.10 Å². The van der Waals surface area contributed by atoms with E-state index >= 15 is 0 Å².